The van der Waals surface area contributed by atoms with Crippen molar-refractivity contribution in [3.05, 3.63) is 34.4 Å². The van der Waals surface area contributed by atoms with Crippen LogP contribution in [0.25, 0.3) is 0 Å². The minimum Gasteiger partial charge on any atom is -0.458 e. The fourth-order valence-corrected chi connectivity index (χ4v) is 5.46. The van der Waals surface area contributed by atoms with Gasteiger partial charge in [0, 0.05) is 11.1 Å². The van der Waals surface area contributed by atoms with Crippen LogP contribution in [0.15, 0.2) is 34.4 Å². The Morgan fingerprint density at radius 3 is 2.83 bits per heavy atom. The molecular weight excluding hydrogens is 304 g/mol. The lowest BCUT2D eigenvalue weighted by Gasteiger charge is -2.48. The van der Waals surface area contributed by atoms with Gasteiger partial charge in [0.25, 0.3) is 0 Å². The third-order valence-corrected chi connectivity index (χ3v) is 6.87. The van der Waals surface area contributed by atoms with Crippen molar-refractivity contribution >= 4 is 11.8 Å². The van der Waals surface area contributed by atoms with E-state index in [0.29, 0.717) is 6.61 Å². The van der Waals surface area contributed by atoms with Gasteiger partial charge in [-0.05, 0) is 59.8 Å². The molecule has 2 fully saturated rings. The molecule has 4 atom stereocenters. The number of esters is 1. The highest BCUT2D eigenvalue weighted by atomic mass is 16.6. The molecule has 5 rings (SSSR count). The van der Waals surface area contributed by atoms with E-state index in [1.165, 1.54) is 0 Å². The van der Waals surface area contributed by atoms with Crippen molar-refractivity contribution in [3.8, 4) is 0 Å². The summed E-state index contributed by atoms with van der Waals surface area (Å²) in [5, 5.41) is 0. The largest absolute Gasteiger partial charge is 0.458 e. The molecule has 1 spiro atoms. The van der Waals surface area contributed by atoms with Crippen LogP contribution in [-0.2, 0) is 19.1 Å². The molecule has 0 radical (unpaired) electrons. The van der Waals surface area contributed by atoms with E-state index < -0.39 is 0 Å². The van der Waals surface area contributed by atoms with Crippen LogP contribution in [0, 0.1) is 17.3 Å². The predicted octanol–water partition coefficient (Wildman–Crippen LogP) is 2.89. The van der Waals surface area contributed by atoms with Crippen LogP contribution in [0.5, 0.6) is 0 Å². The molecule has 0 amide bonds. The van der Waals surface area contributed by atoms with Gasteiger partial charge in [0.2, 0.25) is 0 Å². The fraction of sp³-hybridized carbons (Fsp3) is 0.600. The topological polar surface area (TPSA) is 55.9 Å². The average molecular weight is 326 g/mol. The summed E-state index contributed by atoms with van der Waals surface area (Å²) in [6.45, 7) is 6.78. The van der Waals surface area contributed by atoms with E-state index in [4.69, 9.17) is 9.47 Å². The van der Waals surface area contributed by atoms with Crippen molar-refractivity contribution in [2.24, 2.45) is 17.3 Å². The molecule has 0 aromatic heterocycles. The van der Waals surface area contributed by atoms with E-state index in [1.54, 1.807) is 0 Å². The molecule has 4 nitrogen and oxygen atoms in total. The summed E-state index contributed by atoms with van der Waals surface area (Å²) in [4.78, 5) is 24.6. The van der Waals surface area contributed by atoms with Crippen molar-refractivity contribution in [1.29, 1.82) is 0 Å². The van der Waals surface area contributed by atoms with Gasteiger partial charge >= 0.3 is 5.97 Å². The van der Waals surface area contributed by atoms with Crippen LogP contribution in [0.4, 0.5) is 0 Å². The Bertz CT molecular complexity index is 783. The zero-order valence-corrected chi connectivity index (χ0v) is 14.3. The van der Waals surface area contributed by atoms with E-state index >= 15 is 0 Å². The number of epoxide rings is 1. The minimum atomic E-state index is -0.361. The SMILES string of the molecule is CC(C)C1=C[C@@]23O[C@@H]2C[C@H]2C4=C(CC[C@]2(C)C3=CC1=O)C(=O)OC4. The Labute approximate surface area is 141 Å². The van der Waals surface area contributed by atoms with Gasteiger partial charge in [-0.2, -0.15) is 0 Å². The van der Waals surface area contributed by atoms with Crippen molar-refractivity contribution in [3.63, 3.8) is 0 Å². The summed E-state index contributed by atoms with van der Waals surface area (Å²) >= 11 is 0. The van der Waals surface area contributed by atoms with Gasteiger partial charge in [0.05, 0.1) is 6.10 Å². The normalized spacial score (nSPS) is 42.7. The number of cyclic esters (lactones) is 1. The van der Waals surface area contributed by atoms with Crippen LogP contribution in [0.3, 0.4) is 0 Å². The van der Waals surface area contributed by atoms with Gasteiger partial charge in [-0.15, -0.1) is 0 Å². The quantitative estimate of drug-likeness (QED) is 0.549. The van der Waals surface area contributed by atoms with Gasteiger partial charge in [0.15, 0.2) is 5.78 Å². The monoisotopic (exact) mass is 326 g/mol. The second-order valence-electron chi connectivity index (χ2n) is 8.36. The molecule has 1 saturated heterocycles. The number of ketones is 1. The van der Waals surface area contributed by atoms with Crippen LogP contribution < -0.4 is 0 Å². The molecule has 126 valence electrons. The number of hydrogen-bond acceptors (Lipinski definition) is 4. The number of fused-ring (bicyclic) bond motifs is 3. The Kier molecular flexibility index (Phi) is 2.62. The first kappa shape index (κ1) is 14.6. The van der Waals surface area contributed by atoms with Crippen LogP contribution in [-0.4, -0.2) is 30.1 Å². The van der Waals surface area contributed by atoms with Gasteiger partial charge in [-0.3, -0.25) is 4.79 Å². The van der Waals surface area contributed by atoms with E-state index in [0.717, 1.165) is 41.6 Å². The van der Waals surface area contributed by atoms with E-state index in [-0.39, 0.29) is 40.7 Å². The van der Waals surface area contributed by atoms with Crippen LogP contribution >= 0.6 is 0 Å². The minimum absolute atomic E-state index is 0.117. The molecular formula is C20H22O4. The van der Waals surface area contributed by atoms with E-state index in [9.17, 15) is 9.59 Å². The number of ether oxygens (including phenoxy) is 2. The molecule has 2 heterocycles. The highest BCUT2D eigenvalue weighted by molar-refractivity contribution is 6.07. The number of hydrogen-bond donors (Lipinski definition) is 0. The van der Waals surface area contributed by atoms with Crippen LogP contribution in [0.2, 0.25) is 0 Å². The van der Waals surface area contributed by atoms with Gasteiger partial charge in [-0.25, -0.2) is 4.79 Å². The summed E-state index contributed by atoms with van der Waals surface area (Å²) < 4.78 is 11.5. The molecule has 4 heteroatoms. The first-order valence-electron chi connectivity index (χ1n) is 8.93. The van der Waals surface area contributed by atoms with E-state index in [2.05, 4.69) is 26.8 Å². The maximum atomic E-state index is 12.7. The van der Waals surface area contributed by atoms with Crippen molar-refractivity contribution < 1.29 is 19.1 Å². The summed E-state index contributed by atoms with van der Waals surface area (Å²) in [6.07, 6.45) is 6.62. The maximum absolute atomic E-state index is 12.7. The summed E-state index contributed by atoms with van der Waals surface area (Å²) in [5.41, 5.74) is 3.57. The lowest BCUT2D eigenvalue weighted by Crippen LogP contribution is -2.46. The molecule has 1 saturated carbocycles. The van der Waals surface area contributed by atoms with Crippen molar-refractivity contribution in [1.82, 2.24) is 0 Å². The summed E-state index contributed by atoms with van der Waals surface area (Å²) in [5.74, 6) is 0.444. The van der Waals surface area contributed by atoms with Crippen LogP contribution in [0.1, 0.15) is 40.0 Å². The molecule has 5 aliphatic rings. The second-order valence-corrected chi connectivity index (χ2v) is 8.36. The number of carbonyl (C=O) groups excluding carboxylic acids is 2. The Balaban J connectivity index is 1.62. The molecule has 24 heavy (non-hydrogen) atoms. The average Bonchev–Trinajstić information content (AvgIpc) is 3.10. The van der Waals surface area contributed by atoms with Gasteiger partial charge < -0.3 is 9.47 Å². The zero-order chi connectivity index (χ0) is 16.9. The Hall–Kier alpha value is -1.68. The lowest BCUT2D eigenvalue weighted by atomic mass is 9.53. The Morgan fingerprint density at radius 1 is 1.29 bits per heavy atom. The first-order valence-corrected chi connectivity index (χ1v) is 8.93. The molecule has 0 aromatic carbocycles. The maximum Gasteiger partial charge on any atom is 0.334 e. The highest BCUT2D eigenvalue weighted by Crippen LogP contribution is 2.67. The smallest absolute Gasteiger partial charge is 0.334 e. The molecule has 0 N–H and O–H groups in total. The third kappa shape index (κ3) is 1.58. The second kappa shape index (κ2) is 4.29. The summed E-state index contributed by atoms with van der Waals surface area (Å²) in [6, 6.07) is 0. The number of allylic oxidation sites excluding steroid dienone is 2. The molecule has 0 unspecified atom stereocenters. The highest BCUT2D eigenvalue weighted by Gasteiger charge is 2.69. The van der Waals surface area contributed by atoms with Crippen molar-refractivity contribution in [2.45, 2.75) is 51.7 Å². The fourth-order valence-electron chi connectivity index (χ4n) is 5.46. The van der Waals surface area contributed by atoms with Gasteiger partial charge in [0.1, 0.15) is 12.2 Å². The number of carbonyl (C=O) groups is 2. The molecule has 0 bridgehead atoms. The van der Waals surface area contributed by atoms with Crippen molar-refractivity contribution in [2.75, 3.05) is 6.61 Å². The number of rotatable bonds is 1. The molecule has 2 aliphatic heterocycles. The summed E-state index contributed by atoms with van der Waals surface area (Å²) in [7, 11) is 0. The molecule has 3 aliphatic carbocycles. The first-order chi connectivity index (χ1) is 11.4. The Morgan fingerprint density at radius 2 is 2.08 bits per heavy atom. The predicted molar refractivity (Wildman–Crippen MR) is 87.0 cm³/mol. The van der Waals surface area contributed by atoms with E-state index in [1.807, 2.05) is 6.08 Å². The standard InChI is InChI=1S/C20H22O4/c1-10(2)12-8-20-16(7-15(12)21)19(3)5-4-11-13(9-23-18(11)22)14(19)6-17(20)24-20/h7-8,10,14,17H,4-6,9H2,1-3H3/t14-,17+,19-,20-/m0/s1. The van der Waals surface area contributed by atoms with Gasteiger partial charge in [-0.1, -0.05) is 20.8 Å². The zero-order valence-electron chi connectivity index (χ0n) is 14.3. The molecule has 0 aromatic rings. The third-order valence-electron chi connectivity index (χ3n) is 6.87. The lowest BCUT2D eigenvalue weighted by molar-refractivity contribution is -0.136.